The van der Waals surface area contributed by atoms with Gasteiger partial charge in [0, 0.05) is 28.2 Å². The zero-order chi connectivity index (χ0) is 10.5. The number of tetrazole rings is 1. The quantitative estimate of drug-likeness (QED) is 0.627. The van der Waals surface area contributed by atoms with Gasteiger partial charge in [0.15, 0.2) is 0 Å². The van der Waals surface area contributed by atoms with Gasteiger partial charge in [-0.2, -0.15) is 4.80 Å². The van der Waals surface area contributed by atoms with E-state index in [2.05, 4.69) is 25.3 Å². The van der Waals surface area contributed by atoms with E-state index < -0.39 is 0 Å². The maximum absolute atomic E-state index is 4.21. The lowest BCUT2D eigenvalue weighted by Crippen LogP contribution is -2.00. The Morgan fingerprint density at radius 1 is 1.27 bits per heavy atom. The van der Waals surface area contributed by atoms with Crippen molar-refractivity contribution >= 4 is 22.6 Å². The van der Waals surface area contributed by atoms with Crippen molar-refractivity contribution in [1.29, 1.82) is 0 Å². The van der Waals surface area contributed by atoms with Crippen molar-refractivity contribution in [1.82, 2.24) is 20.2 Å². The topological polar surface area (TPSA) is 43.6 Å². The van der Waals surface area contributed by atoms with Crippen LogP contribution in [0.15, 0.2) is 30.3 Å². The second-order valence-corrected chi connectivity index (χ2v) is 3.32. The molecular weight excluding hydrogens is 303 g/mol. The van der Waals surface area contributed by atoms with Crippen LogP contribution in [0.5, 0.6) is 0 Å². The van der Waals surface area contributed by atoms with Gasteiger partial charge < -0.3 is 0 Å². The molecule has 0 aliphatic rings. The lowest BCUT2D eigenvalue weighted by molar-refractivity contribution is 0.592. The summed E-state index contributed by atoms with van der Waals surface area (Å²) in [5, 5.41) is 12.1. The van der Waals surface area contributed by atoms with Crippen LogP contribution in [-0.2, 0) is 6.54 Å². The van der Waals surface area contributed by atoms with E-state index in [-0.39, 0.29) is 0 Å². The predicted octanol–water partition coefficient (Wildman–Crippen LogP) is 1.74. The highest BCUT2D eigenvalue weighted by Gasteiger charge is 2.03. The molecule has 0 saturated heterocycles. The summed E-state index contributed by atoms with van der Waals surface area (Å²) in [5.74, 6) is 3.49. The summed E-state index contributed by atoms with van der Waals surface area (Å²) < 4.78 is 2.76. The molecule has 0 spiro atoms. The van der Waals surface area contributed by atoms with Crippen LogP contribution in [0.2, 0.25) is 0 Å². The van der Waals surface area contributed by atoms with Crippen LogP contribution in [-0.4, -0.2) is 20.2 Å². The summed E-state index contributed by atoms with van der Waals surface area (Å²) in [5.41, 5.74) is 0.964. The van der Waals surface area contributed by atoms with E-state index in [0.29, 0.717) is 12.4 Å². The summed E-state index contributed by atoms with van der Waals surface area (Å²) in [4.78, 5) is 1.48. The molecule has 1 heterocycles. The van der Waals surface area contributed by atoms with Gasteiger partial charge in [-0.15, -0.1) is 10.2 Å². The van der Waals surface area contributed by atoms with Gasteiger partial charge in [0.2, 0.25) is 5.82 Å². The Morgan fingerprint density at radius 3 is 2.80 bits per heavy atom. The van der Waals surface area contributed by atoms with Crippen LogP contribution >= 0.6 is 22.6 Å². The molecule has 0 aliphatic carbocycles. The van der Waals surface area contributed by atoms with E-state index in [1.165, 1.54) is 4.80 Å². The largest absolute Gasteiger partial charge is 0.204 e. The highest BCUT2D eigenvalue weighted by Crippen LogP contribution is 2.11. The molecule has 1 aromatic heterocycles. The monoisotopic (exact) mass is 310 g/mol. The summed E-state index contributed by atoms with van der Waals surface area (Å²) >= 11 is 1.98. The van der Waals surface area contributed by atoms with Crippen molar-refractivity contribution in [3.63, 3.8) is 0 Å². The van der Waals surface area contributed by atoms with Crippen molar-refractivity contribution in [3.05, 3.63) is 30.3 Å². The van der Waals surface area contributed by atoms with Crippen molar-refractivity contribution in [2.24, 2.45) is 0 Å². The average Bonchev–Trinajstić information content (AvgIpc) is 2.76. The van der Waals surface area contributed by atoms with Crippen molar-refractivity contribution < 1.29 is 0 Å². The SMILES string of the molecule is IC#CCn1nnc(-c2ccccc2)n1. The summed E-state index contributed by atoms with van der Waals surface area (Å²) in [6.07, 6.45) is 0. The van der Waals surface area contributed by atoms with E-state index in [1.807, 2.05) is 52.9 Å². The number of aromatic nitrogens is 4. The zero-order valence-electron chi connectivity index (χ0n) is 7.76. The van der Waals surface area contributed by atoms with E-state index in [4.69, 9.17) is 0 Å². The molecule has 0 unspecified atom stereocenters. The Bertz CT molecular complexity index is 495. The third-order valence-electron chi connectivity index (χ3n) is 1.77. The number of rotatable bonds is 2. The standard InChI is InChI=1S/C10H7IN4/c11-7-4-8-15-13-10(12-14-15)9-5-2-1-3-6-9/h1-3,5-6H,8H2. The first kappa shape index (κ1) is 10.1. The molecule has 2 rings (SSSR count). The molecule has 0 atom stereocenters. The Hall–Kier alpha value is -1.42. The molecular formula is C10H7IN4. The van der Waals surface area contributed by atoms with E-state index in [1.54, 1.807) is 0 Å². The molecule has 0 fully saturated rings. The second kappa shape index (κ2) is 4.89. The summed E-state index contributed by atoms with van der Waals surface area (Å²) in [7, 11) is 0. The lowest BCUT2D eigenvalue weighted by Gasteiger charge is -1.91. The van der Waals surface area contributed by atoms with Gasteiger partial charge in [-0.1, -0.05) is 36.3 Å². The second-order valence-electron chi connectivity index (χ2n) is 2.78. The van der Waals surface area contributed by atoms with Gasteiger partial charge in [-0.3, -0.25) is 0 Å². The Balaban J connectivity index is 2.23. The highest BCUT2D eigenvalue weighted by atomic mass is 127. The van der Waals surface area contributed by atoms with Crippen molar-refractivity contribution in [2.45, 2.75) is 6.54 Å². The molecule has 1 aromatic carbocycles. The molecule has 0 amide bonds. The van der Waals surface area contributed by atoms with E-state index >= 15 is 0 Å². The third kappa shape index (κ3) is 2.53. The Kier molecular flexibility index (Phi) is 3.29. The Morgan fingerprint density at radius 2 is 2.07 bits per heavy atom. The maximum atomic E-state index is 4.21. The molecule has 0 bridgehead atoms. The highest BCUT2D eigenvalue weighted by molar-refractivity contribution is 14.1. The molecule has 2 aromatic rings. The van der Waals surface area contributed by atoms with Gasteiger partial charge in [0.25, 0.3) is 0 Å². The minimum Gasteiger partial charge on any atom is -0.152 e. The van der Waals surface area contributed by atoms with E-state index in [0.717, 1.165) is 5.56 Å². The third-order valence-corrected chi connectivity index (χ3v) is 2.15. The Labute approximate surface area is 101 Å². The maximum Gasteiger partial charge on any atom is 0.204 e. The minimum atomic E-state index is 0.475. The predicted molar refractivity (Wildman–Crippen MR) is 65.0 cm³/mol. The molecule has 0 saturated carbocycles. The average molecular weight is 310 g/mol. The van der Waals surface area contributed by atoms with Crippen LogP contribution in [0.25, 0.3) is 11.4 Å². The molecule has 15 heavy (non-hydrogen) atoms. The summed E-state index contributed by atoms with van der Waals surface area (Å²) in [6, 6.07) is 9.74. The molecule has 0 N–H and O–H groups in total. The molecule has 5 heteroatoms. The van der Waals surface area contributed by atoms with Gasteiger partial charge >= 0.3 is 0 Å². The molecule has 4 nitrogen and oxygen atoms in total. The van der Waals surface area contributed by atoms with Gasteiger partial charge in [-0.25, -0.2) is 0 Å². The number of hydrogen-bond acceptors (Lipinski definition) is 3. The number of nitrogens with zero attached hydrogens (tertiary/aromatic N) is 4. The smallest absolute Gasteiger partial charge is 0.152 e. The molecule has 74 valence electrons. The van der Waals surface area contributed by atoms with Crippen LogP contribution in [0.3, 0.4) is 0 Å². The first-order valence-electron chi connectivity index (χ1n) is 4.32. The van der Waals surface area contributed by atoms with Crippen LogP contribution in [0.4, 0.5) is 0 Å². The lowest BCUT2D eigenvalue weighted by atomic mass is 10.2. The van der Waals surface area contributed by atoms with Gasteiger partial charge in [0.1, 0.15) is 6.54 Å². The van der Waals surface area contributed by atoms with Gasteiger partial charge in [0.05, 0.1) is 0 Å². The fraction of sp³-hybridized carbons (Fsp3) is 0.100. The fourth-order valence-corrected chi connectivity index (χ4v) is 1.28. The van der Waals surface area contributed by atoms with Crippen LogP contribution in [0.1, 0.15) is 0 Å². The first-order chi connectivity index (χ1) is 7.40. The molecule has 0 radical (unpaired) electrons. The van der Waals surface area contributed by atoms with Crippen molar-refractivity contribution in [3.8, 4) is 21.2 Å². The minimum absolute atomic E-state index is 0.475. The van der Waals surface area contributed by atoms with Crippen LogP contribution < -0.4 is 0 Å². The zero-order valence-corrected chi connectivity index (χ0v) is 9.92. The summed E-state index contributed by atoms with van der Waals surface area (Å²) in [6.45, 7) is 0.475. The molecule has 0 aliphatic heterocycles. The first-order valence-corrected chi connectivity index (χ1v) is 5.40. The van der Waals surface area contributed by atoms with Crippen molar-refractivity contribution in [2.75, 3.05) is 0 Å². The number of halogens is 1. The van der Waals surface area contributed by atoms with Gasteiger partial charge in [-0.05, 0) is 9.14 Å². The number of hydrogen-bond donors (Lipinski definition) is 0. The fourth-order valence-electron chi connectivity index (χ4n) is 1.11. The number of benzene rings is 1. The normalized spacial score (nSPS) is 9.40. The van der Waals surface area contributed by atoms with E-state index in [9.17, 15) is 0 Å². The van der Waals surface area contributed by atoms with Crippen LogP contribution in [0, 0.1) is 9.85 Å².